The molecule has 0 radical (unpaired) electrons. The van der Waals surface area contributed by atoms with Crippen molar-refractivity contribution in [1.82, 2.24) is 5.32 Å². The molecule has 1 aromatic carbocycles. The molecular formula is C15H23N3O3. The lowest BCUT2D eigenvalue weighted by atomic mass is 10.1. The number of nitrogens with zero attached hydrogens (tertiary/aromatic N) is 1. The Hall–Kier alpha value is -2.24. The summed E-state index contributed by atoms with van der Waals surface area (Å²) in [6.45, 7) is 2.36. The molecule has 0 aliphatic rings. The molecule has 6 heteroatoms. The highest BCUT2D eigenvalue weighted by molar-refractivity contribution is 5.89. The van der Waals surface area contributed by atoms with E-state index in [-0.39, 0.29) is 18.4 Å². The van der Waals surface area contributed by atoms with Crippen LogP contribution in [0, 0.1) is 5.92 Å². The van der Waals surface area contributed by atoms with Crippen LogP contribution in [0.1, 0.15) is 19.8 Å². The molecule has 1 atom stereocenters. The van der Waals surface area contributed by atoms with Crippen molar-refractivity contribution < 1.29 is 14.7 Å². The van der Waals surface area contributed by atoms with Crippen molar-refractivity contribution in [3.8, 4) is 0 Å². The summed E-state index contributed by atoms with van der Waals surface area (Å²) in [5, 5.41) is 14.1. The third-order valence-corrected chi connectivity index (χ3v) is 3.08. The first-order valence-corrected chi connectivity index (χ1v) is 6.92. The third kappa shape index (κ3) is 6.65. The topological polar surface area (TPSA) is 81.7 Å². The molecule has 1 unspecified atom stereocenters. The lowest BCUT2D eigenvalue weighted by Crippen LogP contribution is -2.32. The molecule has 0 aliphatic heterocycles. The first-order chi connectivity index (χ1) is 9.88. The number of carbonyl (C=O) groups excluding carboxylic acids is 1. The molecule has 1 aromatic rings. The second kappa shape index (κ2) is 8.14. The number of urea groups is 1. The normalized spacial score (nSPS) is 11.6. The number of hydrogen-bond acceptors (Lipinski definition) is 3. The number of rotatable bonds is 7. The lowest BCUT2D eigenvalue weighted by Gasteiger charge is -2.15. The summed E-state index contributed by atoms with van der Waals surface area (Å²) in [5.41, 5.74) is 1.72. The van der Waals surface area contributed by atoms with Crippen LogP contribution in [0.2, 0.25) is 0 Å². The summed E-state index contributed by atoms with van der Waals surface area (Å²) < 4.78 is 0. The van der Waals surface area contributed by atoms with Gasteiger partial charge in [0.05, 0.1) is 0 Å². The molecule has 0 saturated heterocycles. The van der Waals surface area contributed by atoms with Crippen LogP contribution in [-0.2, 0) is 4.79 Å². The molecule has 3 N–H and O–H groups in total. The maximum atomic E-state index is 11.8. The van der Waals surface area contributed by atoms with Crippen LogP contribution in [0.5, 0.6) is 0 Å². The van der Waals surface area contributed by atoms with E-state index < -0.39 is 5.97 Å². The number of aliphatic carboxylic acids is 1. The first-order valence-electron chi connectivity index (χ1n) is 6.92. The lowest BCUT2D eigenvalue weighted by molar-refractivity contribution is -0.137. The summed E-state index contributed by atoms with van der Waals surface area (Å²) in [4.78, 5) is 24.2. The number of hydrogen-bond donors (Lipinski definition) is 3. The van der Waals surface area contributed by atoms with Crippen LogP contribution in [0.3, 0.4) is 0 Å². The number of carbonyl (C=O) groups is 2. The predicted molar refractivity (Wildman–Crippen MR) is 83.8 cm³/mol. The monoisotopic (exact) mass is 293 g/mol. The molecule has 0 aromatic heterocycles. The molecule has 1 rings (SSSR count). The molecule has 21 heavy (non-hydrogen) atoms. The standard InChI is InChI=1S/C15H23N3O3/c1-11(7-8-14(19)20)10-16-15(21)17-12-5-4-6-13(9-12)18(2)3/h4-6,9,11H,7-8,10H2,1-3H3,(H,19,20)(H2,16,17,21). The van der Waals surface area contributed by atoms with Crippen molar-refractivity contribution in [1.29, 1.82) is 0 Å². The number of anilines is 2. The molecule has 0 aliphatic carbocycles. The largest absolute Gasteiger partial charge is 0.481 e. The van der Waals surface area contributed by atoms with Crippen molar-refractivity contribution in [3.63, 3.8) is 0 Å². The molecular weight excluding hydrogens is 270 g/mol. The summed E-state index contributed by atoms with van der Waals surface area (Å²) in [5.74, 6) is -0.688. The molecule has 0 heterocycles. The van der Waals surface area contributed by atoms with E-state index >= 15 is 0 Å². The average molecular weight is 293 g/mol. The van der Waals surface area contributed by atoms with Crippen molar-refractivity contribution in [2.75, 3.05) is 30.9 Å². The molecule has 0 spiro atoms. The maximum Gasteiger partial charge on any atom is 0.319 e. The SMILES string of the molecule is CC(CCC(=O)O)CNC(=O)Nc1cccc(N(C)C)c1. The van der Waals surface area contributed by atoms with Crippen molar-refractivity contribution in [3.05, 3.63) is 24.3 Å². The van der Waals surface area contributed by atoms with Crippen molar-refractivity contribution in [2.45, 2.75) is 19.8 Å². The Labute approximate surface area is 125 Å². The summed E-state index contributed by atoms with van der Waals surface area (Å²) in [6, 6.07) is 7.25. The summed E-state index contributed by atoms with van der Waals surface area (Å²) in [7, 11) is 3.87. The Morgan fingerprint density at radius 3 is 2.67 bits per heavy atom. The third-order valence-electron chi connectivity index (χ3n) is 3.08. The van der Waals surface area contributed by atoms with Crippen LogP contribution >= 0.6 is 0 Å². The highest BCUT2D eigenvalue weighted by Gasteiger charge is 2.08. The predicted octanol–water partition coefficient (Wildman–Crippen LogP) is 2.38. The zero-order chi connectivity index (χ0) is 15.8. The molecule has 0 fully saturated rings. The maximum absolute atomic E-state index is 11.8. The number of amides is 2. The molecule has 0 bridgehead atoms. The smallest absolute Gasteiger partial charge is 0.319 e. The minimum atomic E-state index is -0.813. The average Bonchev–Trinajstić information content (AvgIpc) is 2.43. The van der Waals surface area contributed by atoms with E-state index in [0.29, 0.717) is 13.0 Å². The zero-order valence-corrected chi connectivity index (χ0v) is 12.7. The van der Waals surface area contributed by atoms with Crippen LogP contribution in [0.25, 0.3) is 0 Å². The fraction of sp³-hybridized carbons (Fsp3) is 0.467. The van der Waals surface area contributed by atoms with E-state index in [0.717, 1.165) is 11.4 Å². The van der Waals surface area contributed by atoms with Crippen molar-refractivity contribution >= 4 is 23.4 Å². The van der Waals surface area contributed by atoms with Gasteiger partial charge in [-0.05, 0) is 30.5 Å². The quantitative estimate of drug-likeness (QED) is 0.721. The minimum absolute atomic E-state index is 0.120. The molecule has 0 saturated carbocycles. The number of nitrogens with one attached hydrogen (secondary N) is 2. The highest BCUT2D eigenvalue weighted by atomic mass is 16.4. The molecule has 6 nitrogen and oxygen atoms in total. The Kier molecular flexibility index (Phi) is 6.52. The van der Waals surface area contributed by atoms with E-state index in [1.165, 1.54) is 0 Å². The van der Waals surface area contributed by atoms with Gasteiger partial charge in [-0.3, -0.25) is 4.79 Å². The van der Waals surface area contributed by atoms with Gasteiger partial charge in [-0.2, -0.15) is 0 Å². The minimum Gasteiger partial charge on any atom is -0.481 e. The highest BCUT2D eigenvalue weighted by Crippen LogP contribution is 2.17. The van der Waals surface area contributed by atoms with Gasteiger partial charge in [0.25, 0.3) is 0 Å². The Morgan fingerprint density at radius 1 is 1.33 bits per heavy atom. The van der Waals surface area contributed by atoms with E-state index in [2.05, 4.69) is 10.6 Å². The Morgan fingerprint density at radius 2 is 2.05 bits per heavy atom. The van der Waals surface area contributed by atoms with Crippen molar-refractivity contribution in [2.24, 2.45) is 5.92 Å². The van der Waals surface area contributed by atoms with Gasteiger partial charge in [0.2, 0.25) is 0 Å². The fourth-order valence-corrected chi connectivity index (χ4v) is 1.78. The Bertz CT molecular complexity index is 489. The van der Waals surface area contributed by atoms with Gasteiger partial charge in [0, 0.05) is 38.4 Å². The van der Waals surface area contributed by atoms with Gasteiger partial charge < -0.3 is 20.6 Å². The van der Waals surface area contributed by atoms with E-state index in [1.54, 1.807) is 0 Å². The Balaban J connectivity index is 2.40. The van der Waals surface area contributed by atoms with Crippen LogP contribution < -0.4 is 15.5 Å². The van der Waals surface area contributed by atoms with E-state index in [1.807, 2.05) is 50.2 Å². The zero-order valence-electron chi connectivity index (χ0n) is 12.7. The van der Waals surface area contributed by atoms with E-state index in [4.69, 9.17) is 5.11 Å². The van der Waals surface area contributed by atoms with Gasteiger partial charge in [-0.15, -0.1) is 0 Å². The second-order valence-electron chi connectivity index (χ2n) is 5.32. The number of benzene rings is 1. The fourth-order valence-electron chi connectivity index (χ4n) is 1.78. The van der Waals surface area contributed by atoms with Gasteiger partial charge in [-0.1, -0.05) is 13.0 Å². The van der Waals surface area contributed by atoms with Gasteiger partial charge >= 0.3 is 12.0 Å². The first kappa shape index (κ1) is 16.8. The molecule has 2 amide bonds. The number of carboxylic acid groups (broad SMARTS) is 1. The number of carboxylic acids is 1. The summed E-state index contributed by atoms with van der Waals surface area (Å²) >= 11 is 0. The van der Waals surface area contributed by atoms with Gasteiger partial charge in [0.15, 0.2) is 0 Å². The van der Waals surface area contributed by atoms with Crippen LogP contribution in [0.15, 0.2) is 24.3 Å². The van der Waals surface area contributed by atoms with Gasteiger partial charge in [0.1, 0.15) is 0 Å². The second-order valence-corrected chi connectivity index (χ2v) is 5.32. The van der Waals surface area contributed by atoms with Crippen LogP contribution in [0.4, 0.5) is 16.2 Å². The van der Waals surface area contributed by atoms with Gasteiger partial charge in [-0.25, -0.2) is 4.79 Å². The summed E-state index contributed by atoms with van der Waals surface area (Å²) in [6.07, 6.45) is 0.668. The van der Waals surface area contributed by atoms with Crippen LogP contribution in [-0.4, -0.2) is 37.7 Å². The molecule has 116 valence electrons. The van der Waals surface area contributed by atoms with E-state index in [9.17, 15) is 9.59 Å².